The quantitative estimate of drug-likeness (QED) is 0.0371. The summed E-state index contributed by atoms with van der Waals surface area (Å²) in [6, 6.07) is -1.02. The largest absolute Gasteiger partial charge is 0.394 e. The maximum atomic E-state index is 12.4. The Labute approximate surface area is 282 Å². The molecule has 0 aromatic rings. The molecule has 0 rings (SSSR count). The molecule has 0 heterocycles. The van der Waals surface area contributed by atoms with Crippen LogP contribution in [0.2, 0.25) is 0 Å². The van der Waals surface area contributed by atoms with E-state index in [2.05, 4.69) is 79.9 Å². The van der Waals surface area contributed by atoms with E-state index in [1.807, 2.05) is 0 Å². The van der Waals surface area contributed by atoms with Gasteiger partial charge in [0.05, 0.1) is 18.8 Å². The summed E-state index contributed by atoms with van der Waals surface area (Å²) in [4.78, 5) is 12.4. The normalized spacial score (nSPS) is 15.2. The SMILES string of the molecule is CCC/C=C/CC/C=C/CC/C=C/CCCC(O)C(O)C(CO)NC(=O)C(O)CCCCCCCC/C=C\C/C=C\CCCCC. The van der Waals surface area contributed by atoms with Gasteiger partial charge in [0.25, 0.3) is 0 Å². The van der Waals surface area contributed by atoms with Crippen LogP contribution >= 0.6 is 0 Å². The highest BCUT2D eigenvalue weighted by atomic mass is 16.3. The number of unbranched alkanes of at least 4 members (excludes halogenated alkanes) is 13. The van der Waals surface area contributed by atoms with Gasteiger partial charge in [0.2, 0.25) is 5.91 Å². The molecule has 0 aromatic carbocycles. The van der Waals surface area contributed by atoms with Crippen molar-refractivity contribution in [2.45, 2.75) is 179 Å². The Hall–Kier alpha value is -1.99. The Morgan fingerprint density at radius 1 is 0.543 bits per heavy atom. The third-order valence-corrected chi connectivity index (χ3v) is 8.14. The molecule has 0 fully saturated rings. The Balaban J connectivity index is 3.94. The van der Waals surface area contributed by atoms with Gasteiger partial charge in [0, 0.05) is 0 Å². The number of carbonyl (C=O) groups excluding carboxylic acids is 1. The first kappa shape index (κ1) is 44.0. The van der Waals surface area contributed by atoms with Gasteiger partial charge in [-0.2, -0.15) is 0 Å². The highest BCUT2D eigenvalue weighted by molar-refractivity contribution is 5.80. The molecule has 5 N–H and O–H groups in total. The van der Waals surface area contributed by atoms with E-state index in [1.165, 1.54) is 44.9 Å². The van der Waals surface area contributed by atoms with Crippen molar-refractivity contribution in [1.29, 1.82) is 0 Å². The van der Waals surface area contributed by atoms with E-state index in [0.717, 1.165) is 77.0 Å². The van der Waals surface area contributed by atoms with E-state index in [1.54, 1.807) is 0 Å². The van der Waals surface area contributed by atoms with Gasteiger partial charge in [-0.15, -0.1) is 0 Å². The molecular weight excluding hydrogens is 574 g/mol. The first-order valence-electron chi connectivity index (χ1n) is 18.7. The molecule has 1 amide bonds. The molecule has 0 saturated carbocycles. The van der Waals surface area contributed by atoms with Crippen LogP contribution in [0.1, 0.15) is 155 Å². The molecule has 0 saturated heterocycles. The number of allylic oxidation sites excluding steroid dienone is 10. The van der Waals surface area contributed by atoms with Gasteiger partial charge < -0.3 is 25.7 Å². The standard InChI is InChI=1S/C40H71NO5/c1-3-5-7-9-11-13-15-17-19-20-22-24-26-28-30-32-34-38(44)40(46)41-36(35-42)39(45)37(43)33-31-29-27-25-23-21-18-16-14-12-10-8-6-4-2/h8,10-11,13,16-19,25,27,36-39,42-45H,3-7,9,12,14-15,20-24,26,28-35H2,1-2H3,(H,41,46)/b10-8+,13-11-,18-16+,19-17-,27-25+. The molecular formula is C40H71NO5. The van der Waals surface area contributed by atoms with E-state index < -0.39 is 36.9 Å². The molecule has 0 spiro atoms. The zero-order chi connectivity index (χ0) is 33.9. The second-order valence-electron chi connectivity index (χ2n) is 12.5. The van der Waals surface area contributed by atoms with Crippen molar-refractivity contribution >= 4 is 5.91 Å². The summed E-state index contributed by atoms with van der Waals surface area (Å²) >= 11 is 0. The van der Waals surface area contributed by atoms with Crippen LogP contribution in [0.3, 0.4) is 0 Å². The van der Waals surface area contributed by atoms with E-state index in [9.17, 15) is 25.2 Å². The Morgan fingerprint density at radius 3 is 1.59 bits per heavy atom. The number of aliphatic hydroxyl groups is 4. The Bertz CT molecular complexity index is 818. The smallest absolute Gasteiger partial charge is 0.249 e. The fraction of sp³-hybridized carbons (Fsp3) is 0.725. The first-order valence-corrected chi connectivity index (χ1v) is 18.7. The first-order chi connectivity index (χ1) is 22.5. The molecule has 4 atom stereocenters. The number of rotatable bonds is 32. The molecule has 0 aliphatic heterocycles. The molecule has 4 unspecified atom stereocenters. The van der Waals surface area contributed by atoms with Crippen molar-refractivity contribution in [1.82, 2.24) is 5.32 Å². The fourth-order valence-electron chi connectivity index (χ4n) is 5.12. The maximum Gasteiger partial charge on any atom is 0.249 e. The summed E-state index contributed by atoms with van der Waals surface area (Å²) in [7, 11) is 0. The predicted octanol–water partition coefficient (Wildman–Crippen LogP) is 8.95. The number of amides is 1. The Kier molecular flexibility index (Phi) is 32.9. The predicted molar refractivity (Wildman–Crippen MR) is 196 cm³/mol. The third-order valence-electron chi connectivity index (χ3n) is 8.14. The van der Waals surface area contributed by atoms with Crippen molar-refractivity contribution < 1.29 is 25.2 Å². The van der Waals surface area contributed by atoms with Gasteiger partial charge >= 0.3 is 0 Å². The summed E-state index contributed by atoms with van der Waals surface area (Å²) in [5.41, 5.74) is 0. The molecule has 0 aliphatic rings. The zero-order valence-electron chi connectivity index (χ0n) is 29.5. The number of nitrogens with one attached hydrogen (secondary N) is 1. The highest BCUT2D eigenvalue weighted by Crippen LogP contribution is 2.13. The van der Waals surface area contributed by atoms with E-state index in [4.69, 9.17) is 0 Å². The van der Waals surface area contributed by atoms with Gasteiger partial charge in [0.15, 0.2) is 0 Å². The van der Waals surface area contributed by atoms with Crippen molar-refractivity contribution in [2.24, 2.45) is 0 Å². The summed E-state index contributed by atoms with van der Waals surface area (Å²) in [5.74, 6) is -0.613. The van der Waals surface area contributed by atoms with E-state index in [-0.39, 0.29) is 0 Å². The van der Waals surface area contributed by atoms with E-state index >= 15 is 0 Å². The van der Waals surface area contributed by atoms with Crippen LogP contribution < -0.4 is 5.32 Å². The molecule has 0 aliphatic carbocycles. The summed E-state index contributed by atoms with van der Waals surface area (Å²) in [6.45, 7) is 3.91. The molecule has 46 heavy (non-hydrogen) atoms. The number of hydrogen-bond acceptors (Lipinski definition) is 5. The lowest BCUT2D eigenvalue weighted by Crippen LogP contribution is -2.53. The van der Waals surface area contributed by atoms with Crippen molar-refractivity contribution in [3.63, 3.8) is 0 Å². The van der Waals surface area contributed by atoms with Crippen molar-refractivity contribution in [3.05, 3.63) is 60.8 Å². The van der Waals surface area contributed by atoms with Gasteiger partial charge in [-0.1, -0.05) is 126 Å². The lowest BCUT2D eigenvalue weighted by Gasteiger charge is -2.27. The third kappa shape index (κ3) is 28.3. The zero-order valence-corrected chi connectivity index (χ0v) is 29.5. The summed E-state index contributed by atoms with van der Waals surface area (Å²) in [5, 5.41) is 43.4. The molecule has 266 valence electrons. The van der Waals surface area contributed by atoms with Crippen LogP contribution in [-0.4, -0.2) is 57.3 Å². The average Bonchev–Trinajstić information content (AvgIpc) is 3.06. The number of hydrogen-bond donors (Lipinski definition) is 5. The topological polar surface area (TPSA) is 110 Å². The Morgan fingerprint density at radius 2 is 1.02 bits per heavy atom. The second kappa shape index (κ2) is 34.3. The van der Waals surface area contributed by atoms with Crippen molar-refractivity contribution in [2.75, 3.05) is 6.61 Å². The number of carbonyl (C=O) groups is 1. The fourth-order valence-corrected chi connectivity index (χ4v) is 5.12. The molecule has 6 heteroatoms. The van der Waals surface area contributed by atoms with Gasteiger partial charge in [-0.05, 0) is 89.9 Å². The van der Waals surface area contributed by atoms with E-state index in [0.29, 0.717) is 19.3 Å². The van der Waals surface area contributed by atoms with Crippen LogP contribution in [0.5, 0.6) is 0 Å². The second-order valence-corrected chi connectivity index (χ2v) is 12.5. The minimum absolute atomic E-state index is 0.343. The molecule has 0 aromatic heterocycles. The lowest BCUT2D eigenvalue weighted by molar-refractivity contribution is -0.132. The van der Waals surface area contributed by atoms with Crippen LogP contribution in [0, 0.1) is 0 Å². The number of aliphatic hydroxyl groups excluding tert-OH is 4. The van der Waals surface area contributed by atoms with Gasteiger partial charge in [-0.25, -0.2) is 0 Å². The monoisotopic (exact) mass is 646 g/mol. The van der Waals surface area contributed by atoms with Crippen LogP contribution in [0.15, 0.2) is 60.8 Å². The van der Waals surface area contributed by atoms with Crippen LogP contribution in [0.4, 0.5) is 0 Å². The maximum absolute atomic E-state index is 12.4. The van der Waals surface area contributed by atoms with Gasteiger partial charge in [-0.3, -0.25) is 4.79 Å². The lowest BCUT2D eigenvalue weighted by atomic mass is 10.00. The molecule has 0 bridgehead atoms. The molecule has 6 nitrogen and oxygen atoms in total. The average molecular weight is 646 g/mol. The van der Waals surface area contributed by atoms with Crippen LogP contribution in [0.25, 0.3) is 0 Å². The highest BCUT2D eigenvalue weighted by Gasteiger charge is 2.28. The minimum atomic E-state index is -1.30. The molecule has 0 radical (unpaired) electrons. The van der Waals surface area contributed by atoms with Crippen LogP contribution in [-0.2, 0) is 4.79 Å². The van der Waals surface area contributed by atoms with Crippen molar-refractivity contribution in [3.8, 4) is 0 Å². The van der Waals surface area contributed by atoms with Gasteiger partial charge in [0.1, 0.15) is 12.2 Å². The minimum Gasteiger partial charge on any atom is -0.394 e. The summed E-state index contributed by atoms with van der Waals surface area (Å²) < 4.78 is 0. The summed E-state index contributed by atoms with van der Waals surface area (Å²) in [6.07, 6.45) is 40.9.